The Morgan fingerprint density at radius 3 is 2.41 bits per heavy atom. The van der Waals surface area contributed by atoms with Crippen LogP contribution in [-0.2, 0) is 4.79 Å². The van der Waals surface area contributed by atoms with E-state index in [2.05, 4.69) is 36.0 Å². The molecule has 2 unspecified atom stereocenters. The van der Waals surface area contributed by atoms with Crippen LogP contribution in [0.15, 0.2) is 0 Å². The summed E-state index contributed by atoms with van der Waals surface area (Å²) in [7, 11) is 2.16. The Kier molecular flexibility index (Phi) is 4.05. The summed E-state index contributed by atoms with van der Waals surface area (Å²) in [5.74, 6) is 0.328. The van der Waals surface area contributed by atoms with Gasteiger partial charge < -0.3 is 9.80 Å². The van der Waals surface area contributed by atoms with Crippen molar-refractivity contribution < 1.29 is 4.79 Å². The third-order valence-corrected chi connectivity index (χ3v) is 4.16. The van der Waals surface area contributed by atoms with Gasteiger partial charge in [-0.3, -0.25) is 10.1 Å². The fourth-order valence-electron chi connectivity index (χ4n) is 3.03. The van der Waals surface area contributed by atoms with E-state index in [0.29, 0.717) is 11.9 Å². The van der Waals surface area contributed by atoms with Crippen molar-refractivity contribution in [1.29, 1.82) is 0 Å². The maximum atomic E-state index is 12.3. The van der Waals surface area contributed by atoms with Gasteiger partial charge in [0, 0.05) is 6.04 Å². The zero-order valence-electron chi connectivity index (χ0n) is 11.3. The highest BCUT2D eigenvalue weighted by molar-refractivity contribution is 5.84. The van der Waals surface area contributed by atoms with Crippen LogP contribution in [0.5, 0.6) is 0 Å². The van der Waals surface area contributed by atoms with Crippen molar-refractivity contribution in [2.24, 2.45) is 0 Å². The third-order valence-electron chi connectivity index (χ3n) is 4.16. The summed E-state index contributed by atoms with van der Waals surface area (Å²) in [4.78, 5) is 16.8. The quantitative estimate of drug-likeness (QED) is 0.799. The molecule has 2 atom stereocenters. The smallest absolute Gasteiger partial charge is 0.241 e. The topological polar surface area (TPSA) is 35.6 Å². The van der Waals surface area contributed by atoms with E-state index in [-0.39, 0.29) is 12.2 Å². The molecule has 4 heteroatoms. The second-order valence-electron chi connectivity index (χ2n) is 5.33. The largest absolute Gasteiger partial charge is 0.323 e. The predicted molar refractivity (Wildman–Crippen MR) is 68.7 cm³/mol. The molecule has 4 nitrogen and oxygen atoms in total. The van der Waals surface area contributed by atoms with Crippen molar-refractivity contribution in [3.63, 3.8) is 0 Å². The molecule has 1 amide bonds. The minimum absolute atomic E-state index is 0.0552. The van der Waals surface area contributed by atoms with Crippen molar-refractivity contribution in [2.75, 3.05) is 20.1 Å². The monoisotopic (exact) mass is 239 g/mol. The second kappa shape index (κ2) is 5.36. The summed E-state index contributed by atoms with van der Waals surface area (Å²) in [5, 5.41) is 3.46. The molecular weight excluding hydrogens is 214 g/mol. The molecule has 0 saturated carbocycles. The second-order valence-corrected chi connectivity index (χ2v) is 5.33. The molecule has 0 aliphatic carbocycles. The number of amides is 1. The molecule has 2 aliphatic heterocycles. The summed E-state index contributed by atoms with van der Waals surface area (Å²) in [6, 6.07) is 0.507. The van der Waals surface area contributed by atoms with Crippen molar-refractivity contribution in [3.8, 4) is 0 Å². The summed E-state index contributed by atoms with van der Waals surface area (Å²) in [6.07, 6.45) is 4.42. The van der Waals surface area contributed by atoms with Crippen LogP contribution in [0.1, 0.15) is 39.5 Å². The first-order chi connectivity index (χ1) is 8.17. The van der Waals surface area contributed by atoms with Gasteiger partial charge in [0.05, 0.1) is 12.2 Å². The SMILES string of the molecule is CCC1NC(CC)N(C2CCN(C)CC2)C1=O. The number of nitrogens with one attached hydrogen (secondary N) is 1. The van der Waals surface area contributed by atoms with Crippen LogP contribution in [0.2, 0.25) is 0 Å². The highest BCUT2D eigenvalue weighted by Gasteiger charge is 2.41. The van der Waals surface area contributed by atoms with E-state index in [9.17, 15) is 4.79 Å². The minimum Gasteiger partial charge on any atom is -0.323 e. The first-order valence-corrected chi connectivity index (χ1v) is 6.94. The molecule has 1 N–H and O–H groups in total. The third kappa shape index (κ3) is 2.47. The van der Waals surface area contributed by atoms with Crippen LogP contribution < -0.4 is 5.32 Å². The van der Waals surface area contributed by atoms with E-state index in [4.69, 9.17) is 0 Å². The zero-order valence-corrected chi connectivity index (χ0v) is 11.3. The van der Waals surface area contributed by atoms with Crippen molar-refractivity contribution in [1.82, 2.24) is 15.1 Å². The van der Waals surface area contributed by atoms with Gasteiger partial charge in [0.15, 0.2) is 0 Å². The van der Waals surface area contributed by atoms with E-state index in [1.54, 1.807) is 0 Å². The normalized spacial score (nSPS) is 32.4. The summed E-state index contributed by atoms with van der Waals surface area (Å²) in [6.45, 7) is 6.47. The lowest BCUT2D eigenvalue weighted by Crippen LogP contribution is -2.49. The molecule has 2 rings (SSSR count). The van der Waals surface area contributed by atoms with Gasteiger partial charge in [-0.15, -0.1) is 0 Å². The highest BCUT2D eigenvalue weighted by Crippen LogP contribution is 2.24. The van der Waals surface area contributed by atoms with Gasteiger partial charge in [-0.1, -0.05) is 13.8 Å². The number of rotatable bonds is 3. The maximum absolute atomic E-state index is 12.3. The highest BCUT2D eigenvalue weighted by atomic mass is 16.2. The summed E-state index contributed by atoms with van der Waals surface area (Å²) < 4.78 is 0. The van der Waals surface area contributed by atoms with Gasteiger partial charge >= 0.3 is 0 Å². The summed E-state index contributed by atoms with van der Waals surface area (Å²) in [5.41, 5.74) is 0. The van der Waals surface area contributed by atoms with Gasteiger partial charge in [0.25, 0.3) is 0 Å². The molecule has 2 saturated heterocycles. The predicted octanol–water partition coefficient (Wildman–Crippen LogP) is 1.03. The maximum Gasteiger partial charge on any atom is 0.241 e. The fraction of sp³-hybridized carbons (Fsp3) is 0.923. The lowest BCUT2D eigenvalue weighted by Gasteiger charge is -2.37. The van der Waals surface area contributed by atoms with E-state index >= 15 is 0 Å². The van der Waals surface area contributed by atoms with Gasteiger partial charge in [-0.05, 0) is 45.8 Å². The lowest BCUT2D eigenvalue weighted by atomic mass is 10.0. The van der Waals surface area contributed by atoms with Crippen LogP contribution in [0, 0.1) is 0 Å². The van der Waals surface area contributed by atoms with Crippen LogP contribution in [0.25, 0.3) is 0 Å². The van der Waals surface area contributed by atoms with Crippen LogP contribution in [0.3, 0.4) is 0 Å². The fourth-order valence-corrected chi connectivity index (χ4v) is 3.03. The Balaban J connectivity index is 2.04. The number of carbonyl (C=O) groups is 1. The Morgan fingerprint density at radius 1 is 1.24 bits per heavy atom. The number of piperidine rings is 1. The van der Waals surface area contributed by atoms with E-state index in [0.717, 1.165) is 38.8 Å². The molecule has 0 aromatic heterocycles. The molecule has 0 spiro atoms. The Labute approximate surface area is 104 Å². The molecule has 0 bridgehead atoms. The van der Waals surface area contributed by atoms with E-state index < -0.39 is 0 Å². The minimum atomic E-state index is 0.0552. The molecule has 17 heavy (non-hydrogen) atoms. The van der Waals surface area contributed by atoms with Crippen LogP contribution >= 0.6 is 0 Å². The number of carbonyl (C=O) groups excluding carboxylic acids is 1. The van der Waals surface area contributed by atoms with Gasteiger partial charge in [0.1, 0.15) is 0 Å². The van der Waals surface area contributed by atoms with Crippen molar-refractivity contribution in [2.45, 2.75) is 57.8 Å². The first-order valence-electron chi connectivity index (χ1n) is 6.94. The zero-order chi connectivity index (χ0) is 12.4. The molecule has 2 fully saturated rings. The number of hydrogen-bond acceptors (Lipinski definition) is 3. The van der Waals surface area contributed by atoms with Gasteiger partial charge in [-0.25, -0.2) is 0 Å². The van der Waals surface area contributed by atoms with Crippen molar-refractivity contribution in [3.05, 3.63) is 0 Å². The average molecular weight is 239 g/mol. The standard InChI is InChI=1S/C13H25N3O/c1-4-11-13(17)16(12(5-2)14-11)10-6-8-15(3)9-7-10/h10-12,14H,4-9H2,1-3H3. The first kappa shape index (κ1) is 12.8. The Hall–Kier alpha value is -0.610. The Morgan fingerprint density at radius 2 is 1.88 bits per heavy atom. The van der Waals surface area contributed by atoms with E-state index in [1.807, 2.05) is 0 Å². The molecular formula is C13H25N3O. The van der Waals surface area contributed by atoms with Gasteiger partial charge in [0.2, 0.25) is 5.91 Å². The molecule has 0 radical (unpaired) electrons. The number of likely N-dealkylation sites (tertiary alicyclic amines) is 1. The van der Waals surface area contributed by atoms with Gasteiger partial charge in [-0.2, -0.15) is 0 Å². The molecule has 98 valence electrons. The molecule has 0 aromatic carbocycles. The van der Waals surface area contributed by atoms with Crippen molar-refractivity contribution >= 4 is 5.91 Å². The average Bonchev–Trinajstić information content (AvgIpc) is 2.67. The number of hydrogen-bond donors (Lipinski definition) is 1. The number of nitrogens with zero attached hydrogens (tertiary/aromatic N) is 2. The van der Waals surface area contributed by atoms with Crippen LogP contribution in [-0.4, -0.2) is 54.1 Å². The molecule has 2 heterocycles. The summed E-state index contributed by atoms with van der Waals surface area (Å²) >= 11 is 0. The van der Waals surface area contributed by atoms with Crippen LogP contribution in [0.4, 0.5) is 0 Å². The molecule has 2 aliphatic rings. The lowest BCUT2D eigenvalue weighted by molar-refractivity contribution is -0.133. The Bertz CT molecular complexity index is 274. The van der Waals surface area contributed by atoms with E-state index in [1.165, 1.54) is 0 Å². The molecule has 0 aromatic rings.